The molecule has 4 nitrogen and oxygen atoms in total. The second-order valence-electron chi connectivity index (χ2n) is 6.11. The fourth-order valence-electron chi connectivity index (χ4n) is 3.44. The molecule has 0 bridgehead atoms. The third-order valence-electron chi connectivity index (χ3n) is 4.63. The maximum absolute atomic E-state index is 5.75. The SMILES string of the molecule is CCCC1(c2nc(C3SCCSC3C)no2)CCNCC1. The zero-order valence-electron chi connectivity index (χ0n) is 12.9. The first-order valence-corrected chi connectivity index (χ1v) is 10.1. The van der Waals surface area contributed by atoms with Crippen molar-refractivity contribution < 1.29 is 4.52 Å². The van der Waals surface area contributed by atoms with Crippen molar-refractivity contribution in [1.29, 1.82) is 0 Å². The normalized spacial score (nSPS) is 29.4. The van der Waals surface area contributed by atoms with Gasteiger partial charge in [0.25, 0.3) is 0 Å². The van der Waals surface area contributed by atoms with E-state index < -0.39 is 0 Å². The standard InChI is InChI=1S/C15H25N3OS2/c1-3-4-15(5-7-16-8-6-15)14-17-13(18-19-14)12-11(2)20-9-10-21-12/h11-12,16H,3-10H2,1-2H3. The fourth-order valence-corrected chi connectivity index (χ4v) is 6.12. The van der Waals surface area contributed by atoms with Gasteiger partial charge in [-0.1, -0.05) is 25.4 Å². The van der Waals surface area contributed by atoms with Crippen LogP contribution in [0.3, 0.4) is 0 Å². The van der Waals surface area contributed by atoms with Gasteiger partial charge in [-0.2, -0.15) is 16.7 Å². The van der Waals surface area contributed by atoms with Crippen molar-refractivity contribution in [3.63, 3.8) is 0 Å². The van der Waals surface area contributed by atoms with Gasteiger partial charge >= 0.3 is 0 Å². The number of piperidine rings is 1. The molecular formula is C15H25N3OS2. The quantitative estimate of drug-likeness (QED) is 0.915. The summed E-state index contributed by atoms with van der Waals surface area (Å²) in [5.74, 6) is 4.24. The van der Waals surface area contributed by atoms with Crippen LogP contribution in [0.15, 0.2) is 4.52 Å². The molecule has 118 valence electrons. The fraction of sp³-hybridized carbons (Fsp3) is 0.867. The summed E-state index contributed by atoms with van der Waals surface area (Å²) in [6.45, 7) is 6.64. The topological polar surface area (TPSA) is 51.0 Å². The van der Waals surface area contributed by atoms with Crippen molar-refractivity contribution in [2.24, 2.45) is 0 Å². The van der Waals surface area contributed by atoms with Crippen molar-refractivity contribution in [2.75, 3.05) is 24.6 Å². The lowest BCUT2D eigenvalue weighted by Crippen LogP contribution is -2.40. The van der Waals surface area contributed by atoms with Crippen LogP contribution in [0.1, 0.15) is 56.5 Å². The molecule has 1 N–H and O–H groups in total. The van der Waals surface area contributed by atoms with Crippen LogP contribution in [0.2, 0.25) is 0 Å². The van der Waals surface area contributed by atoms with E-state index in [9.17, 15) is 0 Å². The third kappa shape index (κ3) is 3.27. The molecule has 2 aliphatic heterocycles. The number of nitrogens with one attached hydrogen (secondary N) is 1. The van der Waals surface area contributed by atoms with Crippen LogP contribution in [-0.2, 0) is 5.41 Å². The third-order valence-corrected chi connectivity index (χ3v) is 7.71. The van der Waals surface area contributed by atoms with Gasteiger partial charge in [0.05, 0.1) is 10.7 Å². The Labute approximate surface area is 135 Å². The summed E-state index contributed by atoms with van der Waals surface area (Å²) < 4.78 is 5.75. The maximum atomic E-state index is 5.75. The summed E-state index contributed by atoms with van der Waals surface area (Å²) in [4.78, 5) is 4.86. The van der Waals surface area contributed by atoms with Crippen LogP contribution >= 0.6 is 23.5 Å². The molecular weight excluding hydrogens is 302 g/mol. The summed E-state index contributed by atoms with van der Waals surface area (Å²) in [6, 6.07) is 0. The van der Waals surface area contributed by atoms with Gasteiger partial charge in [0.15, 0.2) is 5.82 Å². The van der Waals surface area contributed by atoms with Gasteiger partial charge in [-0.15, -0.1) is 11.8 Å². The Morgan fingerprint density at radius 3 is 2.76 bits per heavy atom. The zero-order chi connectivity index (χ0) is 14.7. The van der Waals surface area contributed by atoms with E-state index in [-0.39, 0.29) is 5.41 Å². The molecule has 2 aliphatic rings. The smallest absolute Gasteiger partial charge is 0.232 e. The maximum Gasteiger partial charge on any atom is 0.232 e. The molecule has 0 aromatic carbocycles. The van der Waals surface area contributed by atoms with Crippen LogP contribution in [0, 0.1) is 0 Å². The lowest BCUT2D eigenvalue weighted by Gasteiger charge is -2.34. The molecule has 2 atom stereocenters. The first-order valence-electron chi connectivity index (χ1n) is 8.03. The summed E-state index contributed by atoms with van der Waals surface area (Å²) >= 11 is 4.00. The van der Waals surface area contributed by atoms with E-state index in [1.54, 1.807) is 0 Å². The Balaban J connectivity index is 1.81. The lowest BCUT2D eigenvalue weighted by molar-refractivity contribution is 0.208. The Morgan fingerprint density at radius 2 is 2.05 bits per heavy atom. The first-order chi connectivity index (χ1) is 10.2. The number of hydrogen-bond acceptors (Lipinski definition) is 6. The Morgan fingerprint density at radius 1 is 1.29 bits per heavy atom. The molecule has 1 aromatic rings. The molecule has 3 rings (SSSR count). The molecule has 2 saturated heterocycles. The van der Waals surface area contributed by atoms with Crippen molar-refractivity contribution in [3.05, 3.63) is 11.7 Å². The zero-order valence-corrected chi connectivity index (χ0v) is 14.6. The lowest BCUT2D eigenvalue weighted by atomic mass is 9.75. The van der Waals surface area contributed by atoms with Gasteiger partial charge in [0.1, 0.15) is 0 Å². The summed E-state index contributed by atoms with van der Waals surface area (Å²) in [6.07, 6.45) is 4.55. The van der Waals surface area contributed by atoms with Crippen LogP contribution in [0.4, 0.5) is 0 Å². The minimum absolute atomic E-state index is 0.112. The van der Waals surface area contributed by atoms with E-state index in [2.05, 4.69) is 24.3 Å². The number of thioether (sulfide) groups is 2. The summed E-state index contributed by atoms with van der Waals surface area (Å²) in [7, 11) is 0. The molecule has 0 amide bonds. The van der Waals surface area contributed by atoms with Crippen LogP contribution in [0.5, 0.6) is 0 Å². The van der Waals surface area contributed by atoms with Gasteiger partial charge in [0.2, 0.25) is 5.89 Å². The number of nitrogens with zero attached hydrogens (tertiary/aromatic N) is 2. The van der Waals surface area contributed by atoms with Crippen molar-refractivity contribution in [1.82, 2.24) is 15.5 Å². The average molecular weight is 328 g/mol. The predicted octanol–water partition coefficient (Wildman–Crippen LogP) is 3.40. The first kappa shape index (κ1) is 15.7. The highest BCUT2D eigenvalue weighted by molar-refractivity contribution is 8.06. The molecule has 3 heterocycles. The second kappa shape index (κ2) is 6.92. The van der Waals surface area contributed by atoms with E-state index in [1.165, 1.54) is 17.9 Å². The molecule has 0 spiro atoms. The second-order valence-corrected chi connectivity index (χ2v) is 8.84. The van der Waals surface area contributed by atoms with E-state index in [4.69, 9.17) is 9.51 Å². The minimum Gasteiger partial charge on any atom is -0.339 e. The van der Waals surface area contributed by atoms with Crippen molar-refractivity contribution >= 4 is 23.5 Å². The van der Waals surface area contributed by atoms with E-state index in [0.717, 1.165) is 44.1 Å². The van der Waals surface area contributed by atoms with Crippen LogP contribution in [0.25, 0.3) is 0 Å². The molecule has 2 fully saturated rings. The largest absolute Gasteiger partial charge is 0.339 e. The molecule has 21 heavy (non-hydrogen) atoms. The molecule has 0 radical (unpaired) electrons. The predicted molar refractivity (Wildman–Crippen MR) is 90.1 cm³/mol. The van der Waals surface area contributed by atoms with Gasteiger partial charge in [0, 0.05) is 16.8 Å². The van der Waals surface area contributed by atoms with Crippen LogP contribution in [-0.4, -0.2) is 40.0 Å². The van der Waals surface area contributed by atoms with Gasteiger partial charge < -0.3 is 9.84 Å². The minimum atomic E-state index is 0.112. The Hall–Kier alpha value is -0.200. The highest BCUT2D eigenvalue weighted by atomic mass is 32.2. The number of rotatable bonds is 4. The molecule has 2 unspecified atom stereocenters. The molecule has 0 saturated carbocycles. The van der Waals surface area contributed by atoms with Crippen LogP contribution < -0.4 is 5.32 Å². The van der Waals surface area contributed by atoms with Gasteiger partial charge in [-0.25, -0.2) is 0 Å². The van der Waals surface area contributed by atoms with Gasteiger partial charge in [-0.05, 0) is 32.4 Å². The van der Waals surface area contributed by atoms with E-state index in [0.29, 0.717) is 10.5 Å². The van der Waals surface area contributed by atoms with Crippen molar-refractivity contribution in [2.45, 2.75) is 55.4 Å². The van der Waals surface area contributed by atoms with Gasteiger partial charge in [-0.3, -0.25) is 0 Å². The molecule has 6 heteroatoms. The Bertz CT molecular complexity index is 454. The Kier molecular flexibility index (Phi) is 5.17. The number of aromatic nitrogens is 2. The highest BCUT2D eigenvalue weighted by Crippen LogP contribution is 2.43. The number of hydrogen-bond donors (Lipinski definition) is 1. The highest BCUT2D eigenvalue weighted by Gasteiger charge is 2.39. The van der Waals surface area contributed by atoms with E-state index >= 15 is 0 Å². The molecule has 1 aromatic heterocycles. The summed E-state index contributed by atoms with van der Waals surface area (Å²) in [5.41, 5.74) is 0.112. The van der Waals surface area contributed by atoms with E-state index in [1.807, 2.05) is 23.5 Å². The monoisotopic (exact) mass is 327 g/mol. The molecule has 0 aliphatic carbocycles. The summed E-state index contributed by atoms with van der Waals surface area (Å²) in [5, 5.41) is 8.76. The average Bonchev–Trinajstić information content (AvgIpc) is 2.99. The van der Waals surface area contributed by atoms with Crippen molar-refractivity contribution in [3.8, 4) is 0 Å².